The van der Waals surface area contributed by atoms with Crippen LogP contribution in [0.1, 0.15) is 5.69 Å². The van der Waals surface area contributed by atoms with Crippen LogP contribution in [0.3, 0.4) is 0 Å². The lowest BCUT2D eigenvalue weighted by atomic mass is 10.1. The van der Waals surface area contributed by atoms with Gasteiger partial charge in [0.05, 0.1) is 12.1 Å². The molecule has 4 rings (SSSR count). The molecule has 3 heterocycles. The van der Waals surface area contributed by atoms with Gasteiger partial charge in [-0.25, -0.2) is 9.78 Å². The predicted octanol–water partition coefficient (Wildman–Crippen LogP) is 3.53. The first-order valence-electron chi connectivity index (χ1n) is 9.19. The molecule has 2 amide bonds. The van der Waals surface area contributed by atoms with Crippen molar-refractivity contribution in [2.75, 3.05) is 18.5 Å². The maximum Gasteiger partial charge on any atom is 0.320 e. The highest BCUT2D eigenvalue weighted by molar-refractivity contribution is 5.95. The highest BCUT2D eigenvalue weighted by atomic mass is 16.5. The van der Waals surface area contributed by atoms with Gasteiger partial charge in [0.25, 0.3) is 0 Å². The number of anilines is 1. The molecule has 0 aliphatic rings. The quantitative estimate of drug-likeness (QED) is 0.438. The lowest BCUT2D eigenvalue weighted by Gasteiger charge is -2.08. The number of hydrogen-bond acceptors (Lipinski definition) is 5. The second kappa shape index (κ2) is 8.39. The van der Waals surface area contributed by atoms with Crippen LogP contribution in [-0.2, 0) is 0 Å². The Morgan fingerprint density at radius 3 is 2.83 bits per heavy atom. The molecule has 1 aromatic carbocycles. The van der Waals surface area contributed by atoms with Crippen LogP contribution in [-0.4, -0.2) is 39.3 Å². The normalized spacial score (nSPS) is 10.7. The molecule has 0 bridgehead atoms. The van der Waals surface area contributed by atoms with Gasteiger partial charge in [-0.15, -0.1) is 0 Å². The van der Waals surface area contributed by atoms with E-state index in [9.17, 15) is 4.79 Å². The number of benzene rings is 1. The summed E-state index contributed by atoms with van der Waals surface area (Å²) >= 11 is 0. The van der Waals surface area contributed by atoms with Crippen LogP contribution in [0.4, 0.5) is 10.6 Å². The molecule has 0 atom stereocenters. The van der Waals surface area contributed by atoms with Crippen molar-refractivity contribution in [2.24, 2.45) is 0 Å². The number of urea groups is 1. The van der Waals surface area contributed by atoms with E-state index >= 15 is 0 Å². The number of ether oxygens (including phenoxy) is 1. The smallest absolute Gasteiger partial charge is 0.320 e. The Morgan fingerprint density at radius 2 is 2.00 bits per heavy atom. The minimum absolute atomic E-state index is 0.349. The van der Waals surface area contributed by atoms with E-state index in [1.807, 2.05) is 49.4 Å². The molecular formula is C21H20N6O2. The van der Waals surface area contributed by atoms with E-state index in [2.05, 4.69) is 30.8 Å². The number of nitrogens with zero attached hydrogens (tertiary/aromatic N) is 3. The van der Waals surface area contributed by atoms with Gasteiger partial charge in [0, 0.05) is 35.1 Å². The first-order chi connectivity index (χ1) is 14.2. The van der Waals surface area contributed by atoms with Crippen molar-refractivity contribution < 1.29 is 9.53 Å². The summed E-state index contributed by atoms with van der Waals surface area (Å²) in [6.45, 7) is 2.68. The molecule has 4 aromatic rings. The first-order valence-corrected chi connectivity index (χ1v) is 9.19. The lowest BCUT2D eigenvalue weighted by Crippen LogP contribution is -2.32. The molecule has 0 aliphatic carbocycles. The Kier molecular flexibility index (Phi) is 5.33. The maximum atomic E-state index is 12.1. The molecular weight excluding hydrogens is 368 g/mol. The van der Waals surface area contributed by atoms with Crippen LogP contribution in [0, 0.1) is 6.92 Å². The Morgan fingerprint density at radius 1 is 1.14 bits per heavy atom. The van der Waals surface area contributed by atoms with Crippen molar-refractivity contribution >= 4 is 22.8 Å². The summed E-state index contributed by atoms with van der Waals surface area (Å²) in [5.41, 5.74) is 3.46. The fourth-order valence-electron chi connectivity index (χ4n) is 2.90. The number of H-pyrrole nitrogens is 1. The number of amides is 2. The lowest BCUT2D eigenvalue weighted by molar-refractivity contribution is 0.247. The minimum Gasteiger partial charge on any atom is -0.492 e. The van der Waals surface area contributed by atoms with Crippen LogP contribution >= 0.6 is 0 Å². The van der Waals surface area contributed by atoms with Crippen molar-refractivity contribution in [3.05, 3.63) is 66.6 Å². The van der Waals surface area contributed by atoms with Gasteiger partial charge in [0.1, 0.15) is 23.9 Å². The molecule has 0 spiro atoms. The number of carbonyl (C=O) groups is 1. The second-order valence-electron chi connectivity index (χ2n) is 6.42. The number of aryl methyl sites for hydroxylation is 1. The summed E-state index contributed by atoms with van der Waals surface area (Å²) in [4.78, 5) is 20.6. The second-order valence-corrected chi connectivity index (χ2v) is 6.42. The number of pyridine rings is 2. The fraction of sp³-hybridized carbons (Fsp3) is 0.143. The van der Waals surface area contributed by atoms with E-state index in [0.717, 1.165) is 33.6 Å². The molecule has 146 valence electrons. The summed E-state index contributed by atoms with van der Waals surface area (Å²) in [5.74, 6) is 1.20. The maximum absolute atomic E-state index is 12.1. The van der Waals surface area contributed by atoms with Gasteiger partial charge in [-0.05, 0) is 31.2 Å². The van der Waals surface area contributed by atoms with Crippen molar-refractivity contribution in [1.29, 1.82) is 0 Å². The molecule has 29 heavy (non-hydrogen) atoms. The molecule has 0 radical (unpaired) electrons. The SMILES string of the molecule is Cc1cc(-c2n[nH]c3cc(NC(=O)NCCOc4ccccc4)ncc23)ccn1. The number of rotatable bonds is 6. The van der Waals surface area contributed by atoms with Gasteiger partial charge in [-0.1, -0.05) is 18.2 Å². The molecule has 0 unspecified atom stereocenters. The van der Waals surface area contributed by atoms with Crippen molar-refractivity contribution in [1.82, 2.24) is 25.5 Å². The minimum atomic E-state index is -0.349. The first kappa shape index (κ1) is 18.4. The highest BCUT2D eigenvalue weighted by Crippen LogP contribution is 2.26. The average Bonchev–Trinajstić information content (AvgIpc) is 3.15. The fourth-order valence-corrected chi connectivity index (χ4v) is 2.90. The summed E-state index contributed by atoms with van der Waals surface area (Å²) < 4.78 is 5.54. The van der Waals surface area contributed by atoms with E-state index in [4.69, 9.17) is 4.74 Å². The average molecular weight is 388 g/mol. The molecule has 3 aromatic heterocycles. The number of aromatic nitrogens is 4. The Bertz CT molecular complexity index is 1130. The van der Waals surface area contributed by atoms with E-state index in [-0.39, 0.29) is 6.03 Å². The third kappa shape index (κ3) is 4.49. The summed E-state index contributed by atoms with van der Waals surface area (Å²) in [7, 11) is 0. The van der Waals surface area contributed by atoms with Gasteiger partial charge < -0.3 is 10.1 Å². The van der Waals surface area contributed by atoms with Crippen LogP contribution in [0.2, 0.25) is 0 Å². The van der Waals surface area contributed by atoms with Gasteiger partial charge in [-0.3, -0.25) is 15.4 Å². The van der Waals surface area contributed by atoms with Crippen LogP contribution in [0.15, 0.2) is 60.9 Å². The van der Waals surface area contributed by atoms with Crippen molar-refractivity contribution in [3.63, 3.8) is 0 Å². The van der Waals surface area contributed by atoms with Gasteiger partial charge in [0.2, 0.25) is 0 Å². The van der Waals surface area contributed by atoms with Crippen LogP contribution < -0.4 is 15.4 Å². The van der Waals surface area contributed by atoms with E-state index in [1.165, 1.54) is 0 Å². The van der Waals surface area contributed by atoms with Crippen molar-refractivity contribution in [3.8, 4) is 17.0 Å². The Balaban J connectivity index is 1.35. The number of fused-ring (bicyclic) bond motifs is 1. The van der Waals surface area contributed by atoms with E-state index in [1.54, 1.807) is 18.5 Å². The summed E-state index contributed by atoms with van der Waals surface area (Å²) in [6, 6.07) is 14.7. The predicted molar refractivity (Wildman–Crippen MR) is 111 cm³/mol. The Hall–Kier alpha value is -3.94. The number of para-hydroxylation sites is 1. The molecule has 0 fully saturated rings. The number of aromatic amines is 1. The molecule has 3 N–H and O–H groups in total. The highest BCUT2D eigenvalue weighted by Gasteiger charge is 2.11. The van der Waals surface area contributed by atoms with Crippen molar-refractivity contribution in [2.45, 2.75) is 6.92 Å². The van der Waals surface area contributed by atoms with Gasteiger partial charge in [0.15, 0.2) is 0 Å². The molecule has 0 aliphatic heterocycles. The largest absolute Gasteiger partial charge is 0.492 e. The third-order valence-corrected chi connectivity index (χ3v) is 4.26. The summed E-state index contributed by atoms with van der Waals surface area (Å²) in [6.07, 6.45) is 3.44. The number of hydrogen-bond donors (Lipinski definition) is 3. The van der Waals surface area contributed by atoms with Crippen LogP contribution in [0.5, 0.6) is 5.75 Å². The molecule has 8 heteroatoms. The number of nitrogens with one attached hydrogen (secondary N) is 3. The zero-order valence-corrected chi connectivity index (χ0v) is 15.8. The van der Waals surface area contributed by atoms with Crippen LogP contribution in [0.25, 0.3) is 22.2 Å². The standard InChI is InChI=1S/C21H20N6O2/c1-14-11-15(7-8-22-14)20-17-13-24-19(12-18(17)26-27-20)25-21(28)23-9-10-29-16-5-3-2-4-6-16/h2-8,11-13H,9-10H2,1H3,(H,26,27)(H2,23,24,25,28). The van der Waals surface area contributed by atoms with E-state index in [0.29, 0.717) is 19.0 Å². The summed E-state index contributed by atoms with van der Waals surface area (Å²) in [5, 5.41) is 13.7. The zero-order chi connectivity index (χ0) is 20.1. The van der Waals surface area contributed by atoms with Gasteiger partial charge >= 0.3 is 6.03 Å². The zero-order valence-electron chi connectivity index (χ0n) is 15.8. The number of carbonyl (C=O) groups excluding carboxylic acids is 1. The van der Waals surface area contributed by atoms with E-state index < -0.39 is 0 Å². The monoisotopic (exact) mass is 388 g/mol. The third-order valence-electron chi connectivity index (χ3n) is 4.26. The molecule has 0 saturated heterocycles. The molecule has 8 nitrogen and oxygen atoms in total. The molecule has 0 saturated carbocycles. The Labute approximate surface area is 167 Å². The van der Waals surface area contributed by atoms with Gasteiger partial charge in [-0.2, -0.15) is 5.10 Å². The topological polar surface area (TPSA) is 105 Å².